The van der Waals surface area contributed by atoms with Crippen LogP contribution < -0.4 is 5.32 Å². The average Bonchev–Trinajstić information content (AvgIpc) is 3.41. The molecule has 2 heterocycles. The first-order chi connectivity index (χ1) is 17.4. The minimum Gasteiger partial charge on any atom is -0.455 e. The van der Waals surface area contributed by atoms with Crippen LogP contribution in [0.1, 0.15) is 38.5 Å². The highest BCUT2D eigenvalue weighted by Gasteiger charge is 2.32. The molecule has 0 atom stereocenters. The largest absolute Gasteiger partial charge is 0.455 e. The van der Waals surface area contributed by atoms with Crippen LogP contribution in [-0.4, -0.2) is 48.4 Å². The van der Waals surface area contributed by atoms with E-state index in [-0.39, 0.29) is 35.3 Å². The molecule has 2 aromatic carbocycles. The van der Waals surface area contributed by atoms with Gasteiger partial charge in [0.05, 0.1) is 17.7 Å². The Balaban J connectivity index is 1.60. The van der Waals surface area contributed by atoms with Crippen LogP contribution in [0.2, 0.25) is 0 Å². The number of nitro groups is 1. The van der Waals surface area contributed by atoms with E-state index < -0.39 is 20.5 Å². The van der Waals surface area contributed by atoms with Gasteiger partial charge in [0.25, 0.3) is 15.7 Å². The molecule has 1 N–H and O–H groups in total. The molecule has 0 unspecified atom stereocenters. The van der Waals surface area contributed by atoms with Crippen molar-refractivity contribution in [3.8, 4) is 11.3 Å². The molecule has 1 amide bonds. The minimum atomic E-state index is -3.89. The maximum absolute atomic E-state index is 12.6. The van der Waals surface area contributed by atoms with Gasteiger partial charge in [-0.25, -0.2) is 5.01 Å². The van der Waals surface area contributed by atoms with Crippen LogP contribution in [0.15, 0.2) is 79.5 Å². The van der Waals surface area contributed by atoms with Gasteiger partial charge in [-0.05, 0) is 57.2 Å². The Hall–Kier alpha value is -4.32. The second-order valence-corrected chi connectivity index (χ2v) is 10.9. The minimum absolute atomic E-state index is 0.0317. The van der Waals surface area contributed by atoms with E-state index in [1.165, 1.54) is 29.4 Å². The Labute approximate surface area is 213 Å². The van der Waals surface area contributed by atoms with E-state index >= 15 is 0 Å². The van der Waals surface area contributed by atoms with Gasteiger partial charge in [0.2, 0.25) is 5.91 Å². The van der Waals surface area contributed by atoms with E-state index in [1.54, 1.807) is 42.5 Å². The maximum Gasteiger partial charge on any atom is 0.285 e. The molecular formula is C25H25N5O6S. The molecule has 12 heteroatoms. The van der Waals surface area contributed by atoms with E-state index in [9.17, 15) is 23.3 Å². The van der Waals surface area contributed by atoms with Crippen LogP contribution in [0.25, 0.3) is 11.3 Å². The molecule has 4 rings (SSSR count). The molecule has 1 aliphatic heterocycles. The molecule has 11 nitrogen and oxygen atoms in total. The van der Waals surface area contributed by atoms with E-state index in [0.717, 1.165) is 0 Å². The van der Waals surface area contributed by atoms with Crippen molar-refractivity contribution in [3.05, 3.63) is 82.1 Å². The van der Waals surface area contributed by atoms with E-state index in [1.807, 2.05) is 20.8 Å². The van der Waals surface area contributed by atoms with Gasteiger partial charge in [0.1, 0.15) is 16.4 Å². The van der Waals surface area contributed by atoms with E-state index in [4.69, 9.17) is 4.42 Å². The Morgan fingerprint density at radius 3 is 2.51 bits per heavy atom. The number of hydrogen-bond acceptors (Lipinski definition) is 8. The fourth-order valence-electron chi connectivity index (χ4n) is 3.63. The molecule has 1 aromatic heterocycles. The van der Waals surface area contributed by atoms with Crippen molar-refractivity contribution in [3.63, 3.8) is 0 Å². The molecule has 0 bridgehead atoms. The number of rotatable bonds is 7. The summed E-state index contributed by atoms with van der Waals surface area (Å²) < 4.78 is 34.9. The summed E-state index contributed by atoms with van der Waals surface area (Å²) >= 11 is 0. The number of amidine groups is 1. The van der Waals surface area contributed by atoms with Crippen molar-refractivity contribution in [2.45, 2.75) is 37.6 Å². The Bertz CT molecular complexity index is 1500. The highest BCUT2D eigenvalue weighted by molar-refractivity contribution is 7.90. The second-order valence-electron chi connectivity index (χ2n) is 9.31. The molecule has 0 radical (unpaired) electrons. The number of sulfonamides is 1. The number of nitrogens with one attached hydrogen (secondary N) is 1. The van der Waals surface area contributed by atoms with Crippen LogP contribution in [-0.2, 0) is 14.8 Å². The van der Waals surface area contributed by atoms with Crippen molar-refractivity contribution in [1.29, 1.82) is 0 Å². The quantitative estimate of drug-likeness (QED) is 0.280. The first kappa shape index (κ1) is 25.8. The lowest BCUT2D eigenvalue weighted by Gasteiger charge is -2.22. The lowest BCUT2D eigenvalue weighted by molar-refractivity contribution is -0.384. The second kappa shape index (κ2) is 9.97. The predicted molar refractivity (Wildman–Crippen MR) is 138 cm³/mol. The monoisotopic (exact) mass is 523 g/mol. The van der Waals surface area contributed by atoms with Gasteiger partial charge in [-0.2, -0.15) is 13.5 Å². The van der Waals surface area contributed by atoms with Crippen LogP contribution in [0.4, 0.5) is 5.69 Å². The molecule has 0 saturated carbocycles. The number of nitrogens with zero attached hydrogens (tertiary/aromatic N) is 4. The number of fused-ring (bicyclic) bond motifs is 1. The summed E-state index contributed by atoms with van der Waals surface area (Å²) in [6, 6.07) is 15.7. The summed E-state index contributed by atoms with van der Waals surface area (Å²) in [5.41, 5.74) is 0.577. The molecule has 0 saturated heterocycles. The molecule has 0 aliphatic carbocycles. The Morgan fingerprint density at radius 2 is 1.84 bits per heavy atom. The number of hydrogen-bond donors (Lipinski definition) is 1. The normalized spacial score (nSPS) is 14.3. The van der Waals surface area contributed by atoms with Crippen molar-refractivity contribution in [1.82, 2.24) is 10.3 Å². The van der Waals surface area contributed by atoms with Crippen LogP contribution in [0.5, 0.6) is 0 Å². The molecule has 192 valence electrons. The summed E-state index contributed by atoms with van der Waals surface area (Å²) in [4.78, 5) is 22.9. The highest BCUT2D eigenvalue weighted by atomic mass is 32.2. The van der Waals surface area contributed by atoms with Gasteiger partial charge in [0.15, 0.2) is 5.84 Å². The van der Waals surface area contributed by atoms with Crippen LogP contribution >= 0.6 is 0 Å². The molecule has 3 aromatic rings. The summed E-state index contributed by atoms with van der Waals surface area (Å²) in [7, 11) is -3.89. The molecule has 1 aliphatic rings. The van der Waals surface area contributed by atoms with Crippen LogP contribution in [0, 0.1) is 10.1 Å². The van der Waals surface area contributed by atoms with Gasteiger partial charge in [-0.15, -0.1) is 4.40 Å². The summed E-state index contributed by atoms with van der Waals surface area (Å²) in [5, 5.41) is 19.5. The number of nitro benzene ring substituents is 1. The lowest BCUT2D eigenvalue weighted by atomic mass is 10.1. The summed E-state index contributed by atoms with van der Waals surface area (Å²) in [6.07, 6.45) is 1.44. The van der Waals surface area contributed by atoms with Gasteiger partial charge >= 0.3 is 0 Å². The van der Waals surface area contributed by atoms with Crippen molar-refractivity contribution in [2.75, 3.05) is 6.54 Å². The number of amides is 1. The van der Waals surface area contributed by atoms with Gasteiger partial charge < -0.3 is 9.73 Å². The molecule has 37 heavy (non-hydrogen) atoms. The first-order valence-corrected chi connectivity index (χ1v) is 12.8. The SMILES string of the molecule is CC(C)(C)NC(=O)CCN(/N=C\c1ccc(-c2ccc([N+](=O)[O-])cc2)o1)C1=NS(=O)(=O)c2ccccc21. The summed E-state index contributed by atoms with van der Waals surface area (Å²) in [6.45, 7) is 5.66. The number of carbonyl (C=O) groups is 1. The third-order valence-electron chi connectivity index (χ3n) is 5.24. The third-order valence-corrected chi connectivity index (χ3v) is 6.56. The summed E-state index contributed by atoms with van der Waals surface area (Å²) in [5.74, 6) is 0.712. The van der Waals surface area contributed by atoms with Gasteiger partial charge in [0, 0.05) is 35.2 Å². The highest BCUT2D eigenvalue weighted by Crippen LogP contribution is 2.28. The van der Waals surface area contributed by atoms with Crippen molar-refractivity contribution >= 4 is 33.7 Å². The van der Waals surface area contributed by atoms with Crippen LogP contribution in [0.3, 0.4) is 0 Å². The number of furan rings is 1. The van der Waals surface area contributed by atoms with Gasteiger partial charge in [-0.1, -0.05) is 12.1 Å². The molecule has 0 spiro atoms. The topological polar surface area (TPSA) is 147 Å². The fraction of sp³-hybridized carbons (Fsp3) is 0.240. The van der Waals surface area contributed by atoms with E-state index in [0.29, 0.717) is 22.6 Å². The average molecular weight is 524 g/mol. The van der Waals surface area contributed by atoms with Crippen molar-refractivity contribution < 1.29 is 22.6 Å². The number of benzene rings is 2. The zero-order valence-electron chi connectivity index (χ0n) is 20.4. The van der Waals surface area contributed by atoms with E-state index in [2.05, 4.69) is 14.8 Å². The zero-order valence-corrected chi connectivity index (χ0v) is 21.2. The molecule has 0 fully saturated rings. The maximum atomic E-state index is 12.6. The third kappa shape index (κ3) is 6.09. The fourth-order valence-corrected chi connectivity index (χ4v) is 4.84. The van der Waals surface area contributed by atoms with Gasteiger partial charge in [-0.3, -0.25) is 14.9 Å². The number of carbonyl (C=O) groups excluding carboxylic acids is 1. The zero-order chi connectivity index (χ0) is 26.8. The Morgan fingerprint density at radius 1 is 1.14 bits per heavy atom. The lowest BCUT2D eigenvalue weighted by Crippen LogP contribution is -2.42. The number of non-ortho nitro benzene ring substituents is 1. The number of hydrazone groups is 1. The Kier molecular flexibility index (Phi) is 6.94. The first-order valence-electron chi connectivity index (χ1n) is 11.3. The smallest absolute Gasteiger partial charge is 0.285 e. The van der Waals surface area contributed by atoms with Crippen molar-refractivity contribution in [2.24, 2.45) is 9.50 Å². The molecular weight excluding hydrogens is 498 g/mol. The standard InChI is InChI=1S/C25H25N5O6S/c1-25(2,3)27-23(31)14-15-29(24-20-6-4-5-7-22(20)37(34,35)28-24)26-16-19-12-13-21(36-19)17-8-10-18(11-9-17)30(32)33/h4-13,16H,14-15H2,1-3H3,(H,27,31)/b26-16-. The predicted octanol–water partition coefficient (Wildman–Crippen LogP) is 3.94.